The molecule has 1 aromatic rings. The molecule has 0 radical (unpaired) electrons. The lowest BCUT2D eigenvalue weighted by Gasteiger charge is -2.20. The van der Waals surface area contributed by atoms with Crippen molar-refractivity contribution in [3.63, 3.8) is 0 Å². The van der Waals surface area contributed by atoms with Crippen molar-refractivity contribution >= 4 is 11.4 Å². The van der Waals surface area contributed by atoms with Crippen LogP contribution in [0, 0.1) is 0 Å². The van der Waals surface area contributed by atoms with Crippen molar-refractivity contribution in [2.24, 2.45) is 0 Å². The second-order valence-corrected chi connectivity index (χ2v) is 3.55. The first-order valence-corrected chi connectivity index (χ1v) is 4.95. The fraction of sp³-hybridized carbons (Fsp3) is 0.400. The van der Waals surface area contributed by atoms with Gasteiger partial charge < -0.3 is 20.5 Å². The lowest BCUT2D eigenvalue weighted by molar-refractivity contribution is -0.115. The topological polar surface area (TPSA) is 56.5 Å². The third-order valence-electron chi connectivity index (χ3n) is 2.19. The van der Waals surface area contributed by atoms with Gasteiger partial charge in [0.25, 0.3) is 0 Å². The zero-order chi connectivity index (χ0) is 12.5. The molecule has 0 bridgehead atoms. The van der Waals surface area contributed by atoms with Crippen LogP contribution in [0.15, 0.2) is 12.1 Å². The summed E-state index contributed by atoms with van der Waals surface area (Å²) in [5.41, 5.74) is 5.99. The number of halogens is 3. The van der Waals surface area contributed by atoms with Gasteiger partial charge in [0.1, 0.15) is 19.8 Å². The Labute approximate surface area is 95.5 Å². The molecule has 0 amide bonds. The molecule has 94 valence electrons. The van der Waals surface area contributed by atoms with Crippen LogP contribution >= 0.6 is 0 Å². The maximum absolute atomic E-state index is 12.1. The van der Waals surface area contributed by atoms with Crippen LogP contribution in [0.4, 0.5) is 24.5 Å². The number of alkyl halides is 3. The van der Waals surface area contributed by atoms with Crippen LogP contribution in [-0.4, -0.2) is 25.9 Å². The van der Waals surface area contributed by atoms with Gasteiger partial charge in [0.2, 0.25) is 0 Å². The lowest BCUT2D eigenvalue weighted by Crippen LogP contribution is -2.22. The number of hydrogen-bond donors (Lipinski definition) is 2. The van der Waals surface area contributed by atoms with E-state index in [2.05, 4.69) is 5.32 Å². The monoisotopic (exact) mass is 248 g/mol. The molecule has 0 saturated carbocycles. The SMILES string of the molecule is Nc1cc2c(cc1NCC(F)(F)F)OCCO2. The quantitative estimate of drug-likeness (QED) is 0.786. The van der Waals surface area contributed by atoms with Gasteiger partial charge >= 0.3 is 6.18 Å². The molecule has 0 spiro atoms. The summed E-state index contributed by atoms with van der Waals surface area (Å²) in [6.45, 7) is -0.367. The van der Waals surface area contributed by atoms with Crippen molar-refractivity contribution in [2.75, 3.05) is 30.8 Å². The smallest absolute Gasteiger partial charge is 0.405 e. The van der Waals surface area contributed by atoms with E-state index in [-0.39, 0.29) is 11.4 Å². The number of nitrogens with one attached hydrogen (secondary N) is 1. The number of benzene rings is 1. The molecule has 1 aliphatic rings. The summed E-state index contributed by atoms with van der Waals surface area (Å²) in [6, 6.07) is 2.86. The van der Waals surface area contributed by atoms with Crippen LogP contribution in [0.1, 0.15) is 0 Å². The number of ether oxygens (including phenoxy) is 2. The molecule has 0 saturated heterocycles. The van der Waals surface area contributed by atoms with E-state index in [9.17, 15) is 13.2 Å². The van der Waals surface area contributed by atoms with Crippen molar-refractivity contribution in [1.82, 2.24) is 0 Å². The highest BCUT2D eigenvalue weighted by atomic mass is 19.4. The summed E-state index contributed by atoms with van der Waals surface area (Å²) in [7, 11) is 0. The summed E-state index contributed by atoms with van der Waals surface area (Å²) in [6.07, 6.45) is -4.29. The van der Waals surface area contributed by atoms with E-state index < -0.39 is 12.7 Å². The maximum Gasteiger partial charge on any atom is 0.405 e. The van der Waals surface area contributed by atoms with E-state index in [4.69, 9.17) is 15.2 Å². The van der Waals surface area contributed by atoms with Crippen LogP contribution in [0.25, 0.3) is 0 Å². The standard InChI is InChI=1S/C10H11F3N2O2/c11-10(12,13)5-15-7-4-9-8(3-6(7)14)16-1-2-17-9/h3-4,15H,1-2,5,14H2. The van der Waals surface area contributed by atoms with Gasteiger partial charge in [-0.1, -0.05) is 0 Å². The first-order chi connectivity index (χ1) is 7.96. The minimum Gasteiger partial charge on any atom is -0.486 e. The summed E-state index contributed by atoms with van der Waals surface area (Å²) in [5, 5.41) is 2.22. The summed E-state index contributed by atoms with van der Waals surface area (Å²) in [5.74, 6) is 0.849. The summed E-state index contributed by atoms with van der Waals surface area (Å²) < 4.78 is 46.7. The highest BCUT2D eigenvalue weighted by Gasteiger charge is 2.27. The third kappa shape index (κ3) is 2.86. The molecule has 3 N–H and O–H groups in total. The molecular formula is C10H11F3N2O2. The Balaban J connectivity index is 2.17. The molecule has 0 atom stereocenters. The Morgan fingerprint density at radius 2 is 1.76 bits per heavy atom. The number of hydrogen-bond acceptors (Lipinski definition) is 4. The fourth-order valence-electron chi connectivity index (χ4n) is 1.45. The maximum atomic E-state index is 12.1. The molecule has 1 heterocycles. The van der Waals surface area contributed by atoms with Crippen molar-refractivity contribution in [3.8, 4) is 11.5 Å². The van der Waals surface area contributed by atoms with Gasteiger partial charge in [-0.2, -0.15) is 13.2 Å². The van der Waals surface area contributed by atoms with Gasteiger partial charge in [-0.25, -0.2) is 0 Å². The van der Waals surface area contributed by atoms with Gasteiger partial charge in [-0.3, -0.25) is 0 Å². The van der Waals surface area contributed by atoms with Crippen LogP contribution in [0.2, 0.25) is 0 Å². The zero-order valence-electron chi connectivity index (χ0n) is 8.80. The molecule has 0 aliphatic carbocycles. The zero-order valence-corrected chi connectivity index (χ0v) is 8.80. The van der Waals surface area contributed by atoms with E-state index >= 15 is 0 Å². The van der Waals surface area contributed by atoms with Crippen molar-refractivity contribution in [2.45, 2.75) is 6.18 Å². The van der Waals surface area contributed by atoms with Crippen molar-refractivity contribution in [1.29, 1.82) is 0 Å². The van der Waals surface area contributed by atoms with E-state index in [1.807, 2.05) is 0 Å². The highest BCUT2D eigenvalue weighted by Crippen LogP contribution is 2.37. The van der Waals surface area contributed by atoms with E-state index in [1.165, 1.54) is 12.1 Å². The average molecular weight is 248 g/mol. The first-order valence-electron chi connectivity index (χ1n) is 4.95. The van der Waals surface area contributed by atoms with Crippen molar-refractivity contribution in [3.05, 3.63) is 12.1 Å². The second kappa shape index (κ2) is 4.23. The van der Waals surface area contributed by atoms with E-state index in [1.54, 1.807) is 0 Å². The second-order valence-electron chi connectivity index (χ2n) is 3.55. The molecule has 7 heteroatoms. The molecule has 0 unspecified atom stereocenters. The first kappa shape index (κ1) is 11.7. The minimum atomic E-state index is -4.29. The highest BCUT2D eigenvalue weighted by molar-refractivity contribution is 5.72. The predicted molar refractivity (Wildman–Crippen MR) is 56.4 cm³/mol. The van der Waals surface area contributed by atoms with Gasteiger partial charge in [-0.05, 0) is 0 Å². The van der Waals surface area contributed by atoms with Crippen LogP contribution in [0.5, 0.6) is 11.5 Å². The lowest BCUT2D eigenvalue weighted by atomic mass is 10.2. The van der Waals surface area contributed by atoms with Gasteiger partial charge in [0.05, 0.1) is 11.4 Å². The van der Waals surface area contributed by atoms with Gasteiger partial charge in [-0.15, -0.1) is 0 Å². The number of nitrogens with two attached hydrogens (primary N) is 1. The predicted octanol–water partition coefficient (Wildman–Crippen LogP) is 2.01. The van der Waals surface area contributed by atoms with E-state index in [0.29, 0.717) is 24.7 Å². The van der Waals surface area contributed by atoms with Crippen molar-refractivity contribution < 1.29 is 22.6 Å². The normalized spacial score (nSPS) is 14.5. The average Bonchev–Trinajstić information content (AvgIpc) is 2.25. The van der Waals surface area contributed by atoms with Gasteiger partial charge in [0, 0.05) is 12.1 Å². The molecule has 4 nitrogen and oxygen atoms in total. The molecule has 2 rings (SSSR count). The molecule has 1 aliphatic heterocycles. The molecule has 0 aromatic heterocycles. The van der Waals surface area contributed by atoms with Gasteiger partial charge in [0.15, 0.2) is 11.5 Å². The Kier molecular flexibility index (Phi) is 2.91. The molecule has 0 fully saturated rings. The number of rotatable bonds is 2. The molecule has 17 heavy (non-hydrogen) atoms. The fourth-order valence-corrected chi connectivity index (χ4v) is 1.45. The number of nitrogen functional groups attached to an aromatic ring is 1. The van der Waals surface area contributed by atoms with Crippen LogP contribution in [-0.2, 0) is 0 Å². The summed E-state index contributed by atoms with van der Waals surface area (Å²) >= 11 is 0. The largest absolute Gasteiger partial charge is 0.486 e. The number of anilines is 2. The molecule has 1 aromatic carbocycles. The minimum absolute atomic E-state index is 0.187. The number of fused-ring (bicyclic) bond motifs is 1. The van der Waals surface area contributed by atoms with E-state index in [0.717, 1.165) is 0 Å². The van der Waals surface area contributed by atoms with Crippen LogP contribution in [0.3, 0.4) is 0 Å². The Morgan fingerprint density at radius 1 is 1.18 bits per heavy atom. The van der Waals surface area contributed by atoms with Crippen LogP contribution < -0.4 is 20.5 Å². The third-order valence-corrected chi connectivity index (χ3v) is 2.19. The summed E-state index contributed by atoms with van der Waals surface area (Å²) in [4.78, 5) is 0. The Hall–Kier alpha value is -1.79. The Morgan fingerprint density at radius 3 is 2.35 bits per heavy atom. The molecular weight excluding hydrogens is 237 g/mol. The Bertz CT molecular complexity index is 421.